The summed E-state index contributed by atoms with van der Waals surface area (Å²) in [5.74, 6) is 7.74. The molecular weight excluding hydrogens is 1080 g/mol. The van der Waals surface area contributed by atoms with Crippen LogP contribution in [0.25, 0.3) is 0 Å². The number of ketones is 3. The molecule has 0 saturated heterocycles. The van der Waals surface area contributed by atoms with Gasteiger partial charge < -0.3 is 20.4 Å². The Morgan fingerprint density at radius 2 is 1.14 bits per heavy atom. The quantitative estimate of drug-likeness (QED) is 0.151. The second-order valence-electron chi connectivity index (χ2n) is 30.2. The number of rotatable bonds is 4. The summed E-state index contributed by atoms with van der Waals surface area (Å²) in [5.41, 5.74) is 9.61. The predicted molar refractivity (Wildman–Crippen MR) is 333 cm³/mol. The molecule has 460 valence electrons. The topological polar surface area (TPSA) is 210 Å². The number of carbonyl (C=O) groups is 3. The Morgan fingerprint density at radius 3 is 1.69 bits per heavy atom. The second kappa shape index (κ2) is 23.7. The lowest BCUT2D eigenvalue weighted by molar-refractivity contribution is -0.128. The first kappa shape index (κ1) is 61.2. The minimum absolute atomic E-state index is 0.0823. The third kappa shape index (κ3) is 10.7. The second-order valence-corrected chi connectivity index (χ2v) is 30.2. The Bertz CT molecular complexity index is 3340. The van der Waals surface area contributed by atoms with Crippen molar-refractivity contribution >= 4 is 17.3 Å². The van der Waals surface area contributed by atoms with Crippen molar-refractivity contribution < 1.29 is 34.8 Å². The summed E-state index contributed by atoms with van der Waals surface area (Å²) in [6, 6.07) is 24.6. The van der Waals surface area contributed by atoms with Crippen LogP contribution in [0.1, 0.15) is 215 Å². The standard InChI is InChI=1S/C21H30O2.C19H28O2.C18H24O3.C17H11N5/c1-13(22)17-6-7-18-16-5-4-14-12-15(23)8-10-20(14,2)19(16)9-11-21(17,18)3;1-18-9-7-13(20)11-12(18)3-4-14-15-5-6-17(21)19(15,2)10-8-16(14)18;1-18-7-6-13-12-5-3-11(19)8-10(12)2-4-14(13)15(18)9-16(20)17(18)21;18-9-13-1-5-15(6-2-13)17(22-12-20-11-21-22)16-7-3-14(10-19)4-8-16/h12,16-19H,4-11H2,1-3H3;11,14-17,21H,3-10H2,1-2H3;3,5,8,13-17,19-21H,2,4,6-7,9H2,1H3;1-8,11-12,17H/t16-,17+,18-,19-,20-,21+;14-,15-,16-,17-,18-,19-;13-,14-,15+,16-,17+,18+;/m001./s1. The van der Waals surface area contributed by atoms with E-state index in [1.807, 2.05) is 42.5 Å². The first-order valence-corrected chi connectivity index (χ1v) is 33.3. The molecule has 0 spiro atoms. The summed E-state index contributed by atoms with van der Waals surface area (Å²) in [5, 5.41) is 62.7. The van der Waals surface area contributed by atoms with E-state index in [4.69, 9.17) is 10.5 Å². The predicted octanol–water partition coefficient (Wildman–Crippen LogP) is 13.8. The van der Waals surface area contributed by atoms with E-state index in [1.54, 1.807) is 48.3 Å². The number of phenols is 1. The lowest BCUT2D eigenvalue weighted by atomic mass is 9.47. The van der Waals surface area contributed by atoms with E-state index in [0.29, 0.717) is 63.8 Å². The third-order valence-corrected chi connectivity index (χ3v) is 26.5. The van der Waals surface area contributed by atoms with Gasteiger partial charge in [0, 0.05) is 18.8 Å². The van der Waals surface area contributed by atoms with E-state index in [1.165, 1.54) is 80.0 Å². The van der Waals surface area contributed by atoms with Crippen molar-refractivity contribution in [3.05, 3.63) is 136 Å². The smallest absolute Gasteiger partial charge is 0.155 e. The fraction of sp³-hybridized carbons (Fsp3) is 0.613. The van der Waals surface area contributed by atoms with Gasteiger partial charge in [-0.05, 0) is 280 Å². The highest BCUT2D eigenvalue weighted by Crippen LogP contribution is 2.68. The molecule has 4 aromatic rings. The molecule has 1 heterocycles. The first-order chi connectivity index (χ1) is 41.6. The van der Waals surface area contributed by atoms with Crippen molar-refractivity contribution in [2.75, 3.05) is 0 Å². The molecule has 4 N–H and O–H groups in total. The van der Waals surface area contributed by atoms with E-state index >= 15 is 0 Å². The van der Waals surface area contributed by atoms with Gasteiger partial charge in [-0.2, -0.15) is 15.6 Å². The number of fused-ring (bicyclic) bond motifs is 15. The Balaban J connectivity index is 0.000000113. The molecule has 0 bridgehead atoms. The van der Waals surface area contributed by atoms with E-state index in [-0.39, 0.29) is 39.2 Å². The first-order valence-electron chi connectivity index (χ1n) is 33.3. The average molecular weight is 1180 g/mol. The molecule has 0 radical (unpaired) electrons. The van der Waals surface area contributed by atoms with Crippen molar-refractivity contribution in [1.29, 1.82) is 10.5 Å². The number of Topliss-reactive ketones (excluding diaryl/α,β-unsaturated/α-hetero) is 1. The zero-order valence-corrected chi connectivity index (χ0v) is 52.3. The SMILES string of the molecule is CC(=O)[C@H]1CC[C@H]2[C@@H]3CCC4=CC(=O)CC[C@]4(C)[C@H]3CC[C@]12C.C[C@]12CC[C@@H]3c4ccc(O)cc4CC[C@H]3[C@@H]1C[C@@H](O)[C@@H]2O.C[C@]12CC[C@H]3[C@@H](CCC4=CC(=O)CC[C@@]43C)[C@@H]1CC[C@@H]2O.N#Cc1ccc(C(c2ccc(C#N)cc2)n2cncn2)cc1. The number of aromatic nitrogens is 3. The zero-order chi connectivity index (χ0) is 61.4. The van der Waals surface area contributed by atoms with Gasteiger partial charge in [0.15, 0.2) is 11.6 Å². The summed E-state index contributed by atoms with van der Waals surface area (Å²) in [4.78, 5) is 39.8. The van der Waals surface area contributed by atoms with Crippen LogP contribution >= 0.6 is 0 Å². The van der Waals surface area contributed by atoms with Gasteiger partial charge in [0.25, 0.3) is 0 Å². The maximum absolute atomic E-state index is 12.1. The molecule has 15 rings (SSSR count). The van der Waals surface area contributed by atoms with E-state index in [2.05, 4.69) is 62.9 Å². The summed E-state index contributed by atoms with van der Waals surface area (Å²) >= 11 is 0. The number of nitrogens with zero attached hydrogens (tertiary/aromatic N) is 5. The van der Waals surface area contributed by atoms with Crippen LogP contribution in [0.2, 0.25) is 0 Å². The number of hydrogen-bond donors (Lipinski definition) is 4. The number of hydrogen-bond acceptors (Lipinski definition) is 11. The highest BCUT2D eigenvalue weighted by atomic mass is 16.3. The molecule has 87 heavy (non-hydrogen) atoms. The van der Waals surface area contributed by atoms with Gasteiger partial charge in [-0.25, -0.2) is 9.67 Å². The maximum atomic E-state index is 12.1. The maximum Gasteiger partial charge on any atom is 0.155 e. The van der Waals surface area contributed by atoms with Crippen LogP contribution in [-0.4, -0.2) is 70.9 Å². The van der Waals surface area contributed by atoms with Crippen LogP contribution < -0.4 is 0 Å². The Kier molecular flexibility index (Phi) is 16.7. The number of aliphatic hydroxyl groups excluding tert-OH is 3. The molecule has 8 fully saturated rings. The third-order valence-electron chi connectivity index (χ3n) is 26.5. The normalized spacial score (nSPS) is 39.1. The Hall–Kier alpha value is -6.05. The van der Waals surface area contributed by atoms with Crippen LogP contribution in [-0.2, 0) is 20.8 Å². The number of nitriles is 2. The van der Waals surface area contributed by atoms with E-state index in [0.717, 1.165) is 124 Å². The van der Waals surface area contributed by atoms with Gasteiger partial charge >= 0.3 is 0 Å². The van der Waals surface area contributed by atoms with Crippen LogP contribution in [0.3, 0.4) is 0 Å². The summed E-state index contributed by atoms with van der Waals surface area (Å²) in [6.45, 7) is 13.6. The molecular formula is C75H93N5O7. The van der Waals surface area contributed by atoms with Gasteiger partial charge in [-0.1, -0.05) is 76.1 Å². The van der Waals surface area contributed by atoms with Crippen LogP contribution in [0.5, 0.6) is 5.75 Å². The molecule has 0 unspecified atom stereocenters. The van der Waals surface area contributed by atoms with Gasteiger partial charge in [0.2, 0.25) is 0 Å². The number of benzene rings is 3. The Morgan fingerprint density at radius 1 is 0.598 bits per heavy atom. The van der Waals surface area contributed by atoms with Crippen LogP contribution in [0, 0.1) is 103 Å². The number of aryl methyl sites for hydroxylation is 1. The van der Waals surface area contributed by atoms with Gasteiger partial charge in [0.1, 0.15) is 30.2 Å². The molecule has 12 nitrogen and oxygen atoms in total. The van der Waals surface area contributed by atoms with Gasteiger partial charge in [-0.15, -0.1) is 0 Å². The Labute approximate surface area is 516 Å². The molecule has 11 aliphatic rings. The number of carbonyl (C=O) groups excluding carboxylic acids is 3. The van der Waals surface area contributed by atoms with Crippen molar-refractivity contribution in [2.45, 2.75) is 207 Å². The monoisotopic (exact) mass is 1180 g/mol. The van der Waals surface area contributed by atoms with Crippen molar-refractivity contribution in [2.24, 2.45) is 80.3 Å². The van der Waals surface area contributed by atoms with Gasteiger partial charge in [0.05, 0.1) is 41.6 Å². The molecule has 8 saturated carbocycles. The van der Waals surface area contributed by atoms with Crippen LogP contribution in [0.4, 0.5) is 0 Å². The summed E-state index contributed by atoms with van der Waals surface area (Å²) in [6.07, 6.45) is 28.6. The largest absolute Gasteiger partial charge is 0.508 e. The summed E-state index contributed by atoms with van der Waals surface area (Å²) < 4.78 is 1.75. The lowest BCUT2D eigenvalue weighted by Gasteiger charge is -2.58. The minimum atomic E-state index is -0.565. The highest BCUT2D eigenvalue weighted by Gasteiger charge is 2.62. The van der Waals surface area contributed by atoms with Crippen LogP contribution in [0.15, 0.2) is 103 Å². The van der Waals surface area contributed by atoms with Crippen molar-refractivity contribution in [3.8, 4) is 17.9 Å². The fourth-order valence-corrected chi connectivity index (χ4v) is 21.6. The summed E-state index contributed by atoms with van der Waals surface area (Å²) in [7, 11) is 0. The van der Waals surface area contributed by atoms with E-state index in [9.17, 15) is 34.8 Å². The molecule has 3 aromatic carbocycles. The number of aromatic hydroxyl groups is 1. The molecule has 11 aliphatic carbocycles. The molecule has 18 atom stereocenters. The highest BCUT2D eigenvalue weighted by molar-refractivity contribution is 5.92. The molecule has 1 aromatic heterocycles. The zero-order valence-electron chi connectivity index (χ0n) is 52.3. The van der Waals surface area contributed by atoms with E-state index < -0.39 is 12.2 Å². The number of allylic oxidation sites excluding steroid dienone is 2. The molecule has 12 heteroatoms. The molecule has 0 amide bonds. The minimum Gasteiger partial charge on any atom is -0.508 e. The average Bonchev–Trinajstić information content (AvgIpc) is 1.80. The van der Waals surface area contributed by atoms with Crippen molar-refractivity contribution in [3.63, 3.8) is 0 Å². The fourth-order valence-electron chi connectivity index (χ4n) is 21.6. The molecule has 0 aliphatic heterocycles. The number of aliphatic hydroxyl groups is 3. The van der Waals surface area contributed by atoms with Crippen molar-refractivity contribution in [1.82, 2.24) is 14.8 Å². The lowest BCUT2D eigenvalue weighted by Crippen LogP contribution is -2.51. The van der Waals surface area contributed by atoms with Gasteiger partial charge in [-0.3, -0.25) is 14.4 Å². The number of phenolic OH excluding ortho intramolecular Hbond substituents is 1.